The zero-order chi connectivity index (χ0) is 15.5. The van der Waals surface area contributed by atoms with E-state index in [9.17, 15) is 9.59 Å². The number of carbonyl (C=O) groups is 2. The molecule has 2 N–H and O–H groups in total. The van der Waals surface area contributed by atoms with Gasteiger partial charge in [0.2, 0.25) is 11.8 Å². The van der Waals surface area contributed by atoms with Crippen LogP contribution < -0.4 is 5.73 Å². The Bertz CT molecular complexity index is 534. The van der Waals surface area contributed by atoms with E-state index in [1.54, 1.807) is 17.5 Å². The lowest BCUT2D eigenvalue weighted by molar-refractivity contribution is -0.139. The van der Waals surface area contributed by atoms with Crippen molar-refractivity contribution in [2.24, 2.45) is 11.7 Å². The normalized spacial score (nSPS) is 26.3. The van der Waals surface area contributed by atoms with E-state index < -0.39 is 0 Å². The lowest BCUT2D eigenvalue weighted by Gasteiger charge is -2.34. The molecule has 0 saturated carbocycles. The number of hydrogen-bond acceptors (Lipinski definition) is 5. The molecule has 22 heavy (non-hydrogen) atoms. The Labute approximate surface area is 134 Å². The van der Waals surface area contributed by atoms with Crippen molar-refractivity contribution in [1.82, 2.24) is 14.8 Å². The summed E-state index contributed by atoms with van der Waals surface area (Å²) < 4.78 is 0. The predicted molar refractivity (Wildman–Crippen MR) is 84.2 cm³/mol. The number of hydrogen-bond donors (Lipinski definition) is 1. The summed E-state index contributed by atoms with van der Waals surface area (Å²) in [5.41, 5.74) is 5.27. The van der Waals surface area contributed by atoms with E-state index in [2.05, 4.69) is 4.98 Å². The average Bonchev–Trinajstić information content (AvgIpc) is 3.16. The van der Waals surface area contributed by atoms with Gasteiger partial charge in [-0.15, -0.1) is 11.3 Å². The van der Waals surface area contributed by atoms with Gasteiger partial charge in [0.05, 0.1) is 18.5 Å². The smallest absolute Gasteiger partial charge is 0.231 e. The molecule has 2 atom stereocenters. The van der Waals surface area contributed by atoms with Crippen molar-refractivity contribution in [2.45, 2.75) is 31.7 Å². The molecule has 2 unspecified atom stereocenters. The Morgan fingerprint density at radius 2 is 2.14 bits per heavy atom. The van der Waals surface area contributed by atoms with Crippen LogP contribution in [0.2, 0.25) is 0 Å². The third kappa shape index (κ3) is 3.30. The van der Waals surface area contributed by atoms with Crippen molar-refractivity contribution in [3.8, 4) is 0 Å². The van der Waals surface area contributed by atoms with Gasteiger partial charge in [-0.2, -0.15) is 0 Å². The first-order valence-corrected chi connectivity index (χ1v) is 8.73. The number of nitrogens with two attached hydrogens (primary N) is 1. The number of thiazole rings is 1. The maximum absolute atomic E-state index is 12.9. The summed E-state index contributed by atoms with van der Waals surface area (Å²) in [7, 11) is 0. The SMILES string of the molecule is NC(=O)CN1CCCC(C(=O)N2CCCC2c2nccs2)C1. The molecule has 0 spiro atoms. The molecule has 2 saturated heterocycles. The second-order valence-electron chi connectivity index (χ2n) is 6.10. The highest BCUT2D eigenvalue weighted by molar-refractivity contribution is 7.09. The molecule has 0 aliphatic carbocycles. The monoisotopic (exact) mass is 322 g/mol. The summed E-state index contributed by atoms with van der Waals surface area (Å²) in [6.07, 6.45) is 5.68. The van der Waals surface area contributed by atoms with Crippen molar-refractivity contribution < 1.29 is 9.59 Å². The van der Waals surface area contributed by atoms with Gasteiger partial charge in [-0.25, -0.2) is 4.98 Å². The van der Waals surface area contributed by atoms with Crippen LogP contribution >= 0.6 is 11.3 Å². The Morgan fingerprint density at radius 1 is 1.32 bits per heavy atom. The number of likely N-dealkylation sites (tertiary alicyclic amines) is 2. The highest BCUT2D eigenvalue weighted by Gasteiger charge is 2.36. The molecule has 3 heterocycles. The van der Waals surface area contributed by atoms with Crippen molar-refractivity contribution in [3.63, 3.8) is 0 Å². The second-order valence-corrected chi connectivity index (χ2v) is 7.03. The molecular formula is C15H22N4O2S. The third-order valence-corrected chi connectivity index (χ3v) is 5.38. The molecule has 1 aromatic rings. The van der Waals surface area contributed by atoms with Crippen LogP contribution in [0, 0.1) is 5.92 Å². The Hall–Kier alpha value is -1.47. The van der Waals surface area contributed by atoms with Gasteiger partial charge in [0.15, 0.2) is 0 Å². The highest BCUT2D eigenvalue weighted by Crippen LogP contribution is 2.35. The van der Waals surface area contributed by atoms with Crippen LogP contribution in [-0.4, -0.2) is 52.8 Å². The number of piperidine rings is 1. The first-order valence-electron chi connectivity index (χ1n) is 7.85. The van der Waals surface area contributed by atoms with Crippen molar-refractivity contribution in [2.75, 3.05) is 26.2 Å². The number of amides is 2. The summed E-state index contributed by atoms with van der Waals surface area (Å²) in [4.78, 5) is 32.4. The van der Waals surface area contributed by atoms with Gasteiger partial charge in [0, 0.05) is 24.7 Å². The summed E-state index contributed by atoms with van der Waals surface area (Å²) in [6.45, 7) is 2.56. The van der Waals surface area contributed by atoms with Gasteiger partial charge in [-0.05, 0) is 32.2 Å². The number of nitrogens with zero attached hydrogens (tertiary/aromatic N) is 3. The number of carbonyl (C=O) groups excluding carboxylic acids is 2. The van der Waals surface area contributed by atoms with Crippen molar-refractivity contribution in [3.05, 3.63) is 16.6 Å². The Kier molecular flexibility index (Phi) is 4.73. The summed E-state index contributed by atoms with van der Waals surface area (Å²) in [5.74, 6) is -0.129. The fourth-order valence-corrected chi connectivity index (χ4v) is 4.33. The molecule has 0 aromatic carbocycles. The van der Waals surface area contributed by atoms with Crippen LogP contribution in [0.25, 0.3) is 0 Å². The topological polar surface area (TPSA) is 79.5 Å². The van der Waals surface area contributed by atoms with E-state index in [0.29, 0.717) is 6.54 Å². The number of rotatable bonds is 4. The number of primary amides is 1. The Morgan fingerprint density at radius 3 is 2.86 bits per heavy atom. The fraction of sp³-hybridized carbons (Fsp3) is 0.667. The maximum atomic E-state index is 12.9. The summed E-state index contributed by atoms with van der Waals surface area (Å²) in [6, 6.07) is 0.138. The Balaban J connectivity index is 1.66. The highest BCUT2D eigenvalue weighted by atomic mass is 32.1. The summed E-state index contributed by atoms with van der Waals surface area (Å²) >= 11 is 1.62. The minimum Gasteiger partial charge on any atom is -0.369 e. The average molecular weight is 322 g/mol. The van der Waals surface area contributed by atoms with Crippen LogP contribution in [0.4, 0.5) is 0 Å². The zero-order valence-electron chi connectivity index (χ0n) is 12.6. The fourth-order valence-electron chi connectivity index (χ4n) is 3.54. The molecule has 1 aromatic heterocycles. The quantitative estimate of drug-likeness (QED) is 0.897. The largest absolute Gasteiger partial charge is 0.369 e. The third-order valence-electron chi connectivity index (χ3n) is 4.51. The van der Waals surface area contributed by atoms with Crippen LogP contribution in [-0.2, 0) is 9.59 Å². The lowest BCUT2D eigenvalue weighted by atomic mass is 9.96. The van der Waals surface area contributed by atoms with Crippen molar-refractivity contribution in [1.29, 1.82) is 0 Å². The van der Waals surface area contributed by atoms with E-state index in [1.165, 1.54) is 0 Å². The first kappa shape index (κ1) is 15.4. The molecule has 3 rings (SSSR count). The van der Waals surface area contributed by atoms with Gasteiger partial charge in [-0.3, -0.25) is 14.5 Å². The molecule has 7 heteroatoms. The molecule has 6 nitrogen and oxygen atoms in total. The van der Waals surface area contributed by atoms with E-state index in [1.807, 2.05) is 15.2 Å². The maximum Gasteiger partial charge on any atom is 0.231 e. The molecule has 0 radical (unpaired) electrons. The summed E-state index contributed by atoms with van der Waals surface area (Å²) in [5, 5.41) is 3.00. The van der Waals surface area contributed by atoms with Crippen LogP contribution in [0.5, 0.6) is 0 Å². The van der Waals surface area contributed by atoms with Crippen LogP contribution in [0.15, 0.2) is 11.6 Å². The van der Waals surface area contributed by atoms with Gasteiger partial charge < -0.3 is 10.6 Å². The zero-order valence-corrected chi connectivity index (χ0v) is 13.4. The minimum atomic E-state index is -0.324. The van der Waals surface area contributed by atoms with Gasteiger partial charge in [0.1, 0.15) is 5.01 Å². The number of aromatic nitrogens is 1. The molecule has 2 aliphatic heterocycles. The predicted octanol–water partition coefficient (Wildman–Crippen LogP) is 1.00. The van der Waals surface area contributed by atoms with Crippen LogP contribution in [0.3, 0.4) is 0 Å². The van der Waals surface area contributed by atoms with Gasteiger partial charge in [-0.1, -0.05) is 0 Å². The minimum absolute atomic E-state index is 0.0198. The molecule has 2 fully saturated rings. The lowest BCUT2D eigenvalue weighted by Crippen LogP contribution is -2.46. The standard InChI is InChI=1S/C15H22N4O2S/c16-13(20)10-18-6-1-3-11(9-18)15(21)19-7-2-4-12(19)14-17-5-8-22-14/h5,8,11-12H,1-4,6-7,9-10H2,(H2,16,20). The van der Waals surface area contributed by atoms with E-state index >= 15 is 0 Å². The van der Waals surface area contributed by atoms with E-state index in [4.69, 9.17) is 5.73 Å². The van der Waals surface area contributed by atoms with Crippen LogP contribution in [0.1, 0.15) is 36.7 Å². The molecule has 2 aliphatic rings. The molecule has 0 bridgehead atoms. The van der Waals surface area contributed by atoms with Crippen molar-refractivity contribution >= 4 is 23.2 Å². The molecule has 120 valence electrons. The second kappa shape index (κ2) is 6.75. The van der Waals surface area contributed by atoms with Gasteiger partial charge in [0.25, 0.3) is 0 Å². The van der Waals surface area contributed by atoms with E-state index in [-0.39, 0.29) is 30.3 Å². The van der Waals surface area contributed by atoms with Gasteiger partial charge >= 0.3 is 0 Å². The van der Waals surface area contributed by atoms with E-state index in [0.717, 1.165) is 43.8 Å². The molecular weight excluding hydrogens is 300 g/mol. The first-order chi connectivity index (χ1) is 10.6. The molecule has 2 amide bonds.